The minimum absolute atomic E-state index is 0.0369. The van der Waals surface area contributed by atoms with Gasteiger partial charge in [0.05, 0.1) is 20.6 Å². The van der Waals surface area contributed by atoms with Gasteiger partial charge in [-0.1, -0.05) is 13.8 Å². The van der Waals surface area contributed by atoms with Crippen LogP contribution in [-0.4, -0.2) is 25.3 Å². The summed E-state index contributed by atoms with van der Waals surface area (Å²) >= 11 is 0. The summed E-state index contributed by atoms with van der Waals surface area (Å²) in [5.41, 5.74) is 0.591. The molecule has 0 fully saturated rings. The normalized spacial score (nSPS) is 11.3. The first kappa shape index (κ1) is 15.3. The second-order valence-corrected chi connectivity index (χ2v) is 5.05. The van der Waals surface area contributed by atoms with Gasteiger partial charge in [-0.2, -0.15) is 0 Å². The molecule has 0 saturated carbocycles. The van der Waals surface area contributed by atoms with Crippen molar-refractivity contribution >= 4 is 5.97 Å². The van der Waals surface area contributed by atoms with Crippen LogP contribution in [0.2, 0.25) is 0 Å². The molecular formula is C14H19FO4. The molecule has 0 aliphatic rings. The fraction of sp³-hybridized carbons (Fsp3) is 0.500. The third-order valence-corrected chi connectivity index (χ3v) is 3.17. The maximum atomic E-state index is 14.0. The molecule has 1 aromatic rings. The van der Waals surface area contributed by atoms with Crippen molar-refractivity contribution in [2.45, 2.75) is 32.6 Å². The Morgan fingerprint density at radius 2 is 1.84 bits per heavy atom. The minimum Gasteiger partial charge on any atom is -0.492 e. The highest BCUT2D eigenvalue weighted by molar-refractivity contribution is 5.69. The van der Waals surface area contributed by atoms with E-state index in [-0.39, 0.29) is 12.2 Å². The molecule has 0 radical (unpaired) electrons. The van der Waals surface area contributed by atoms with E-state index in [2.05, 4.69) is 0 Å². The van der Waals surface area contributed by atoms with E-state index in [1.807, 2.05) is 0 Å². The van der Waals surface area contributed by atoms with Crippen LogP contribution in [0.4, 0.5) is 4.39 Å². The summed E-state index contributed by atoms with van der Waals surface area (Å²) in [5.74, 6) is -1.15. The molecule has 0 bridgehead atoms. The van der Waals surface area contributed by atoms with Gasteiger partial charge in [0.25, 0.3) is 0 Å². The molecule has 4 nitrogen and oxygen atoms in total. The zero-order chi connectivity index (χ0) is 14.8. The van der Waals surface area contributed by atoms with Gasteiger partial charge in [0.15, 0.2) is 17.3 Å². The van der Waals surface area contributed by atoms with Crippen molar-refractivity contribution in [2.24, 2.45) is 0 Å². The molecule has 0 spiro atoms. The number of aliphatic carboxylic acids is 1. The van der Waals surface area contributed by atoms with Gasteiger partial charge in [0.2, 0.25) is 0 Å². The highest BCUT2D eigenvalue weighted by Crippen LogP contribution is 2.41. The van der Waals surface area contributed by atoms with Gasteiger partial charge in [-0.25, -0.2) is 4.39 Å². The van der Waals surface area contributed by atoms with Crippen molar-refractivity contribution in [1.82, 2.24) is 0 Å². The Bertz CT molecular complexity index is 495. The molecule has 106 valence electrons. The third kappa shape index (κ3) is 2.97. The van der Waals surface area contributed by atoms with Gasteiger partial charge in [-0.05, 0) is 24.1 Å². The van der Waals surface area contributed by atoms with Crippen LogP contribution >= 0.6 is 0 Å². The monoisotopic (exact) mass is 270 g/mol. The van der Waals surface area contributed by atoms with E-state index < -0.39 is 17.2 Å². The molecule has 19 heavy (non-hydrogen) atoms. The van der Waals surface area contributed by atoms with Crippen LogP contribution in [-0.2, 0) is 10.2 Å². The summed E-state index contributed by atoms with van der Waals surface area (Å²) < 4.78 is 24.1. The molecule has 1 N–H and O–H groups in total. The molecule has 0 heterocycles. The van der Waals surface area contributed by atoms with Gasteiger partial charge in [-0.3, -0.25) is 4.79 Å². The number of benzene rings is 1. The van der Waals surface area contributed by atoms with E-state index in [0.717, 1.165) is 0 Å². The molecule has 0 aliphatic heterocycles. The highest BCUT2D eigenvalue weighted by Gasteiger charge is 2.29. The Morgan fingerprint density at radius 1 is 1.32 bits per heavy atom. The van der Waals surface area contributed by atoms with Crippen LogP contribution in [0.15, 0.2) is 6.07 Å². The number of carboxylic acids is 1. The summed E-state index contributed by atoms with van der Waals surface area (Å²) in [6.45, 7) is 5.28. The number of ether oxygens (including phenoxy) is 2. The first-order chi connectivity index (χ1) is 8.74. The Kier molecular flexibility index (Phi) is 4.39. The number of carbonyl (C=O) groups is 1. The van der Waals surface area contributed by atoms with E-state index in [1.165, 1.54) is 20.3 Å². The predicted molar refractivity (Wildman–Crippen MR) is 69.5 cm³/mol. The smallest absolute Gasteiger partial charge is 0.304 e. The van der Waals surface area contributed by atoms with Gasteiger partial charge in [-0.15, -0.1) is 0 Å². The fourth-order valence-corrected chi connectivity index (χ4v) is 2.31. The van der Waals surface area contributed by atoms with Crippen molar-refractivity contribution in [3.63, 3.8) is 0 Å². The third-order valence-electron chi connectivity index (χ3n) is 3.17. The molecule has 0 saturated heterocycles. The zero-order valence-corrected chi connectivity index (χ0v) is 11.8. The lowest BCUT2D eigenvalue weighted by molar-refractivity contribution is -0.138. The van der Waals surface area contributed by atoms with Crippen molar-refractivity contribution in [3.05, 3.63) is 23.0 Å². The Hall–Kier alpha value is -1.78. The molecule has 0 aromatic heterocycles. The molecule has 1 aromatic carbocycles. The molecule has 0 amide bonds. The number of hydrogen-bond acceptors (Lipinski definition) is 3. The van der Waals surface area contributed by atoms with Gasteiger partial charge in [0, 0.05) is 5.41 Å². The van der Waals surface area contributed by atoms with Gasteiger partial charge in [0.1, 0.15) is 0 Å². The summed E-state index contributed by atoms with van der Waals surface area (Å²) in [6.07, 6.45) is -0.0945. The van der Waals surface area contributed by atoms with Crippen LogP contribution in [0, 0.1) is 12.7 Å². The number of carboxylic acid groups (broad SMARTS) is 1. The lowest BCUT2D eigenvalue weighted by Gasteiger charge is -2.27. The van der Waals surface area contributed by atoms with Crippen LogP contribution in [0.1, 0.15) is 31.4 Å². The van der Waals surface area contributed by atoms with Crippen molar-refractivity contribution in [2.75, 3.05) is 14.2 Å². The van der Waals surface area contributed by atoms with E-state index in [1.54, 1.807) is 20.8 Å². The standard InChI is InChI=1S/C14H19FO4/c1-8-9(14(2,3)7-11(16)17)6-10(15)13(19-5)12(8)18-4/h6H,7H2,1-5H3,(H,16,17). The summed E-state index contributed by atoms with van der Waals surface area (Å²) in [4.78, 5) is 10.9. The molecular weight excluding hydrogens is 251 g/mol. The van der Waals surface area contributed by atoms with Crippen molar-refractivity contribution < 1.29 is 23.8 Å². The average Bonchev–Trinajstić information content (AvgIpc) is 2.29. The van der Waals surface area contributed by atoms with E-state index in [0.29, 0.717) is 16.9 Å². The van der Waals surface area contributed by atoms with E-state index >= 15 is 0 Å². The maximum absolute atomic E-state index is 14.0. The van der Waals surface area contributed by atoms with E-state index in [4.69, 9.17) is 14.6 Å². The second kappa shape index (κ2) is 5.47. The van der Waals surface area contributed by atoms with Gasteiger partial charge >= 0.3 is 5.97 Å². The number of halogens is 1. The maximum Gasteiger partial charge on any atom is 0.304 e. The highest BCUT2D eigenvalue weighted by atomic mass is 19.1. The Labute approximate surface area is 112 Å². The molecule has 0 unspecified atom stereocenters. The lowest BCUT2D eigenvalue weighted by Crippen LogP contribution is -2.23. The van der Waals surface area contributed by atoms with Crippen molar-refractivity contribution in [3.8, 4) is 11.5 Å². The Morgan fingerprint density at radius 3 is 2.26 bits per heavy atom. The Balaban J connectivity index is 3.45. The number of methoxy groups -OCH3 is 2. The number of hydrogen-bond donors (Lipinski definition) is 1. The molecule has 0 aliphatic carbocycles. The second-order valence-electron chi connectivity index (χ2n) is 5.05. The quantitative estimate of drug-likeness (QED) is 0.893. The van der Waals surface area contributed by atoms with Crippen LogP contribution in [0.3, 0.4) is 0 Å². The lowest BCUT2D eigenvalue weighted by atomic mass is 9.79. The SMILES string of the molecule is COc1c(F)cc(C(C)(C)CC(=O)O)c(C)c1OC. The van der Waals surface area contributed by atoms with Crippen molar-refractivity contribution in [1.29, 1.82) is 0 Å². The zero-order valence-electron chi connectivity index (χ0n) is 11.8. The predicted octanol–water partition coefficient (Wildman–Crippen LogP) is 2.90. The molecule has 5 heteroatoms. The number of rotatable bonds is 5. The summed E-state index contributed by atoms with van der Waals surface area (Å²) in [5, 5.41) is 8.95. The topological polar surface area (TPSA) is 55.8 Å². The van der Waals surface area contributed by atoms with Crippen LogP contribution in [0.5, 0.6) is 11.5 Å². The fourth-order valence-electron chi connectivity index (χ4n) is 2.31. The minimum atomic E-state index is -0.931. The van der Waals surface area contributed by atoms with Crippen LogP contribution in [0.25, 0.3) is 0 Å². The molecule has 1 rings (SSSR count). The summed E-state index contributed by atoms with van der Waals surface area (Å²) in [6, 6.07) is 1.32. The van der Waals surface area contributed by atoms with Crippen LogP contribution < -0.4 is 9.47 Å². The summed E-state index contributed by atoms with van der Waals surface area (Å²) in [7, 11) is 2.79. The average molecular weight is 270 g/mol. The largest absolute Gasteiger partial charge is 0.492 e. The first-order valence-corrected chi connectivity index (χ1v) is 5.88. The first-order valence-electron chi connectivity index (χ1n) is 5.88. The van der Waals surface area contributed by atoms with Gasteiger partial charge < -0.3 is 14.6 Å². The molecule has 0 atom stereocenters. The van der Waals surface area contributed by atoms with E-state index in [9.17, 15) is 9.18 Å².